The fraction of sp³-hybridized carbons (Fsp3) is 0.478. The third-order valence-corrected chi connectivity index (χ3v) is 8.00. The van der Waals surface area contributed by atoms with Crippen LogP contribution in [0.15, 0.2) is 18.3 Å². The zero-order valence-electron chi connectivity index (χ0n) is 20.0. The Morgan fingerprint density at radius 1 is 1.19 bits per heavy atom. The average molecular weight is 550 g/mol. The Hall–Kier alpha value is -2.67. The van der Waals surface area contributed by atoms with Gasteiger partial charge < -0.3 is 26.2 Å². The molecule has 192 valence electrons. The zero-order chi connectivity index (χ0) is 25.8. The number of likely N-dealkylation sites (N-methyl/N-ethyl adjacent to an activating group) is 1. The van der Waals surface area contributed by atoms with Gasteiger partial charge in [0.05, 0.1) is 16.8 Å². The molecular weight excluding hydrogens is 522 g/mol. The highest BCUT2D eigenvalue weighted by molar-refractivity contribution is 7.82. The number of hydrogen-bond acceptors (Lipinski definition) is 8. The second kappa shape index (κ2) is 11.6. The van der Waals surface area contributed by atoms with Crippen LogP contribution in [0.4, 0.5) is 5.82 Å². The van der Waals surface area contributed by atoms with Crippen LogP contribution in [-0.4, -0.2) is 70.3 Å². The van der Waals surface area contributed by atoms with E-state index in [1.165, 1.54) is 17.5 Å². The average Bonchev–Trinajstić information content (AvgIpc) is 3.29. The molecule has 36 heavy (non-hydrogen) atoms. The van der Waals surface area contributed by atoms with Crippen LogP contribution in [0.2, 0.25) is 5.02 Å². The number of carbonyl (C=O) groups excluding carboxylic acids is 3. The van der Waals surface area contributed by atoms with Gasteiger partial charge in [-0.15, -0.1) is 11.3 Å². The number of thiazole rings is 1. The molecular formula is C23H28ClN7O3S2. The van der Waals surface area contributed by atoms with Gasteiger partial charge in [0, 0.05) is 49.6 Å². The molecule has 1 aliphatic carbocycles. The lowest BCUT2D eigenvalue weighted by atomic mass is 9.81. The summed E-state index contributed by atoms with van der Waals surface area (Å²) in [4.78, 5) is 50.0. The number of thiocarbonyl (C=S) groups is 1. The molecule has 1 aliphatic heterocycles. The molecule has 0 saturated heterocycles. The van der Waals surface area contributed by atoms with Crippen LogP contribution in [0.1, 0.15) is 39.6 Å². The Labute approximate surface area is 223 Å². The third-order valence-electron chi connectivity index (χ3n) is 6.39. The summed E-state index contributed by atoms with van der Waals surface area (Å²) in [7, 11) is 3.64. The number of amides is 3. The topological polar surface area (TPSA) is 128 Å². The summed E-state index contributed by atoms with van der Waals surface area (Å²) in [5, 5.41) is 12.3. The Morgan fingerprint density at radius 2 is 2.00 bits per heavy atom. The molecule has 0 spiro atoms. The number of anilines is 1. The quantitative estimate of drug-likeness (QED) is 0.415. The van der Waals surface area contributed by atoms with Crippen LogP contribution in [-0.2, 0) is 22.6 Å². The summed E-state index contributed by atoms with van der Waals surface area (Å²) >= 11 is 12.6. The first-order valence-electron chi connectivity index (χ1n) is 11.7. The molecule has 3 amide bonds. The summed E-state index contributed by atoms with van der Waals surface area (Å²) in [6, 6.07) is 2.44. The van der Waals surface area contributed by atoms with Crippen molar-refractivity contribution in [3.63, 3.8) is 0 Å². The van der Waals surface area contributed by atoms with Crippen molar-refractivity contribution in [2.75, 3.05) is 26.0 Å². The number of hydrogen-bond donors (Lipinski definition) is 4. The van der Waals surface area contributed by atoms with Crippen LogP contribution in [0.3, 0.4) is 0 Å². The summed E-state index contributed by atoms with van der Waals surface area (Å²) in [5.41, 5.74) is 0.971. The van der Waals surface area contributed by atoms with Crippen molar-refractivity contribution in [1.82, 2.24) is 30.8 Å². The molecule has 4 rings (SSSR count). The standard InChI is InChI=1S/C23H28ClN7O3S2/c1-25-19(32)12-3-5-14(28-22(35)20(33)30-18-6-4-13(24)10-26-18)16(9-12)27-21(34)23-29-15-7-8-31(2)11-17(15)36-23/h4,6,10,12,14,16H,3,5,7-9,11H2,1-2H3,(H,25,32)(H,27,34)(H,28,35)(H,26,30,33). The minimum absolute atomic E-state index is 0.0258. The Kier molecular flexibility index (Phi) is 8.50. The molecule has 3 atom stereocenters. The lowest BCUT2D eigenvalue weighted by Gasteiger charge is -2.36. The number of carbonyl (C=O) groups is 3. The minimum Gasteiger partial charge on any atom is -0.367 e. The fourth-order valence-corrected chi connectivity index (χ4v) is 5.86. The lowest BCUT2D eigenvalue weighted by molar-refractivity contribution is -0.125. The van der Waals surface area contributed by atoms with E-state index in [9.17, 15) is 14.4 Å². The Balaban J connectivity index is 1.44. The molecule has 1 fully saturated rings. The molecule has 0 aromatic carbocycles. The van der Waals surface area contributed by atoms with E-state index in [1.54, 1.807) is 19.2 Å². The van der Waals surface area contributed by atoms with Crippen molar-refractivity contribution in [1.29, 1.82) is 0 Å². The second-order valence-electron chi connectivity index (χ2n) is 8.98. The number of halogens is 1. The minimum atomic E-state index is -0.518. The van der Waals surface area contributed by atoms with Crippen molar-refractivity contribution in [2.45, 2.75) is 44.3 Å². The first kappa shape index (κ1) is 26.4. The normalized spacial score (nSPS) is 21.7. The van der Waals surface area contributed by atoms with Crippen molar-refractivity contribution >= 4 is 63.7 Å². The first-order chi connectivity index (χ1) is 17.2. The Bertz CT molecular complexity index is 1160. The van der Waals surface area contributed by atoms with Crippen molar-refractivity contribution in [3.05, 3.63) is 38.9 Å². The van der Waals surface area contributed by atoms with Gasteiger partial charge in [0.2, 0.25) is 5.91 Å². The number of pyridine rings is 1. The van der Waals surface area contributed by atoms with Crippen molar-refractivity contribution < 1.29 is 14.4 Å². The number of aromatic nitrogens is 2. The van der Waals surface area contributed by atoms with E-state index in [0.29, 0.717) is 35.1 Å². The van der Waals surface area contributed by atoms with E-state index < -0.39 is 11.9 Å². The molecule has 2 aromatic heterocycles. The van der Waals surface area contributed by atoms with Crippen LogP contribution >= 0.6 is 35.2 Å². The van der Waals surface area contributed by atoms with Gasteiger partial charge in [0.15, 0.2) is 10.00 Å². The summed E-state index contributed by atoms with van der Waals surface area (Å²) in [6.07, 6.45) is 3.81. The zero-order valence-corrected chi connectivity index (χ0v) is 22.4. The molecule has 0 radical (unpaired) electrons. The van der Waals surface area contributed by atoms with Crippen LogP contribution < -0.4 is 21.3 Å². The molecule has 4 N–H and O–H groups in total. The highest BCUT2D eigenvalue weighted by Crippen LogP contribution is 2.28. The maximum atomic E-state index is 13.2. The summed E-state index contributed by atoms with van der Waals surface area (Å²) in [5.74, 6) is -0.811. The number of nitrogens with zero attached hydrogens (tertiary/aromatic N) is 3. The first-order valence-corrected chi connectivity index (χ1v) is 13.3. The lowest BCUT2D eigenvalue weighted by Crippen LogP contribution is -2.56. The van der Waals surface area contributed by atoms with Gasteiger partial charge in [-0.2, -0.15) is 0 Å². The van der Waals surface area contributed by atoms with Gasteiger partial charge in [-0.3, -0.25) is 14.4 Å². The smallest absolute Gasteiger partial charge is 0.284 e. The van der Waals surface area contributed by atoms with Gasteiger partial charge in [-0.05, 0) is 38.4 Å². The maximum Gasteiger partial charge on any atom is 0.284 e. The van der Waals surface area contributed by atoms with Crippen molar-refractivity contribution in [3.8, 4) is 0 Å². The number of fused-ring (bicyclic) bond motifs is 1. The van der Waals surface area contributed by atoms with E-state index in [0.717, 1.165) is 30.1 Å². The van der Waals surface area contributed by atoms with Gasteiger partial charge in [0.25, 0.3) is 11.8 Å². The summed E-state index contributed by atoms with van der Waals surface area (Å²) < 4.78 is 0. The Morgan fingerprint density at radius 3 is 2.72 bits per heavy atom. The summed E-state index contributed by atoms with van der Waals surface area (Å²) in [6.45, 7) is 1.68. The van der Waals surface area contributed by atoms with Gasteiger partial charge in [-0.25, -0.2) is 9.97 Å². The second-order valence-corrected chi connectivity index (χ2v) is 10.9. The predicted molar refractivity (Wildman–Crippen MR) is 142 cm³/mol. The number of nitrogens with one attached hydrogen (secondary N) is 4. The van der Waals surface area contributed by atoms with Crippen LogP contribution in [0.5, 0.6) is 0 Å². The molecule has 10 nitrogen and oxygen atoms in total. The molecule has 3 unspecified atom stereocenters. The highest BCUT2D eigenvalue weighted by Gasteiger charge is 2.36. The monoisotopic (exact) mass is 549 g/mol. The van der Waals surface area contributed by atoms with E-state index in [2.05, 4.69) is 36.1 Å². The maximum absolute atomic E-state index is 13.2. The molecule has 2 aliphatic rings. The SMILES string of the molecule is CNC(=O)C1CCC(NC(=S)C(=O)Nc2ccc(Cl)cn2)C(NC(=O)c2nc3c(s2)CN(C)CC3)C1. The van der Waals surface area contributed by atoms with Gasteiger partial charge >= 0.3 is 0 Å². The van der Waals surface area contributed by atoms with Gasteiger partial charge in [0.1, 0.15) is 5.82 Å². The highest BCUT2D eigenvalue weighted by atomic mass is 35.5. The fourth-order valence-electron chi connectivity index (χ4n) is 4.45. The molecule has 0 bridgehead atoms. The largest absolute Gasteiger partial charge is 0.367 e. The van der Waals surface area contributed by atoms with Crippen molar-refractivity contribution in [2.24, 2.45) is 5.92 Å². The predicted octanol–water partition coefficient (Wildman–Crippen LogP) is 1.75. The van der Waals surface area contributed by atoms with E-state index >= 15 is 0 Å². The van der Waals surface area contributed by atoms with Gasteiger partial charge in [-0.1, -0.05) is 23.8 Å². The van der Waals surface area contributed by atoms with Crippen LogP contribution in [0, 0.1) is 5.92 Å². The molecule has 13 heteroatoms. The molecule has 3 heterocycles. The van der Waals surface area contributed by atoms with E-state index in [-0.39, 0.29) is 28.8 Å². The molecule has 1 saturated carbocycles. The van der Waals surface area contributed by atoms with E-state index in [4.69, 9.17) is 23.8 Å². The van der Waals surface area contributed by atoms with Crippen LogP contribution in [0.25, 0.3) is 0 Å². The molecule has 2 aromatic rings. The van der Waals surface area contributed by atoms with E-state index in [1.807, 2.05) is 7.05 Å². The number of rotatable bonds is 5. The third kappa shape index (κ3) is 6.36.